The van der Waals surface area contributed by atoms with Crippen LogP contribution in [-0.4, -0.2) is 4.57 Å². The van der Waals surface area contributed by atoms with Gasteiger partial charge in [-0.15, -0.1) is 0 Å². The van der Waals surface area contributed by atoms with Crippen LogP contribution in [0.4, 0.5) is 0 Å². The highest BCUT2D eigenvalue weighted by molar-refractivity contribution is 6.21. The summed E-state index contributed by atoms with van der Waals surface area (Å²) >= 11 is 0. The van der Waals surface area contributed by atoms with Gasteiger partial charge in [0, 0.05) is 16.5 Å². The molecule has 1 aromatic heterocycles. The molecule has 0 bridgehead atoms. The molecular formula is C39H27N. The van der Waals surface area contributed by atoms with E-state index in [4.69, 9.17) is 0 Å². The molecule has 0 fully saturated rings. The maximum Gasteiger partial charge on any atom is 0.0541 e. The average Bonchev–Trinajstić information content (AvgIpc) is 3.35. The maximum atomic E-state index is 2.44. The molecule has 0 aliphatic carbocycles. The molecule has 0 aliphatic heterocycles. The van der Waals surface area contributed by atoms with Gasteiger partial charge in [-0.3, -0.25) is 0 Å². The third-order valence-corrected chi connectivity index (χ3v) is 8.31. The average molecular weight is 510 g/mol. The van der Waals surface area contributed by atoms with E-state index >= 15 is 0 Å². The van der Waals surface area contributed by atoms with Gasteiger partial charge in [-0.25, -0.2) is 0 Å². The normalized spacial score (nSPS) is 11.6. The lowest BCUT2D eigenvalue weighted by Gasteiger charge is -2.19. The molecule has 7 aromatic carbocycles. The Morgan fingerprint density at radius 3 is 1.32 bits per heavy atom. The molecule has 1 nitrogen and oxygen atoms in total. The Balaban J connectivity index is 1.48. The first kappa shape index (κ1) is 22.8. The zero-order valence-corrected chi connectivity index (χ0v) is 22.3. The summed E-state index contributed by atoms with van der Waals surface area (Å²) in [6.45, 7) is 2.22. The highest BCUT2D eigenvalue weighted by Crippen LogP contribution is 2.44. The van der Waals surface area contributed by atoms with Crippen LogP contribution in [0.1, 0.15) is 5.56 Å². The minimum atomic E-state index is 1.22. The van der Waals surface area contributed by atoms with Crippen molar-refractivity contribution < 1.29 is 0 Å². The van der Waals surface area contributed by atoms with Crippen molar-refractivity contribution in [2.75, 3.05) is 0 Å². The van der Waals surface area contributed by atoms with Crippen molar-refractivity contribution in [2.45, 2.75) is 6.92 Å². The number of nitrogens with zero attached hydrogens (tertiary/aromatic N) is 1. The lowest BCUT2D eigenvalue weighted by molar-refractivity contribution is 1.15. The first-order chi connectivity index (χ1) is 19.8. The number of aromatic nitrogens is 1. The minimum absolute atomic E-state index is 1.22. The van der Waals surface area contributed by atoms with Gasteiger partial charge in [-0.05, 0) is 74.5 Å². The monoisotopic (exact) mass is 509 g/mol. The van der Waals surface area contributed by atoms with E-state index in [2.05, 4.69) is 157 Å². The summed E-state index contributed by atoms with van der Waals surface area (Å²) in [4.78, 5) is 0. The number of hydrogen-bond donors (Lipinski definition) is 0. The van der Waals surface area contributed by atoms with Crippen LogP contribution in [0, 0.1) is 6.92 Å². The van der Waals surface area contributed by atoms with Gasteiger partial charge in [-0.2, -0.15) is 0 Å². The van der Waals surface area contributed by atoms with E-state index in [0.717, 1.165) is 0 Å². The minimum Gasteiger partial charge on any atom is -0.309 e. The molecule has 8 aromatic rings. The fourth-order valence-corrected chi connectivity index (χ4v) is 6.54. The summed E-state index contributed by atoms with van der Waals surface area (Å²) in [5.41, 5.74) is 10.0. The zero-order chi connectivity index (χ0) is 26.6. The van der Waals surface area contributed by atoms with Gasteiger partial charge in [0.2, 0.25) is 0 Å². The second-order valence-corrected chi connectivity index (χ2v) is 10.6. The quantitative estimate of drug-likeness (QED) is 0.209. The number of para-hydroxylation sites is 2. The van der Waals surface area contributed by atoms with Crippen LogP contribution in [0.3, 0.4) is 0 Å². The molecule has 1 heteroatoms. The summed E-state index contributed by atoms with van der Waals surface area (Å²) in [7, 11) is 0. The first-order valence-electron chi connectivity index (χ1n) is 13.9. The highest BCUT2D eigenvalue weighted by Gasteiger charge is 2.18. The predicted octanol–water partition coefficient (Wildman–Crippen LogP) is 10.7. The topological polar surface area (TPSA) is 4.93 Å². The van der Waals surface area contributed by atoms with E-state index < -0.39 is 0 Å². The number of hydrogen-bond acceptors (Lipinski definition) is 0. The van der Waals surface area contributed by atoms with Gasteiger partial charge >= 0.3 is 0 Å². The molecule has 0 saturated heterocycles. The second kappa shape index (κ2) is 8.97. The molecule has 188 valence electrons. The van der Waals surface area contributed by atoms with Gasteiger partial charge in [0.25, 0.3) is 0 Å². The molecule has 1 heterocycles. The largest absolute Gasteiger partial charge is 0.309 e. The standard InChI is InChI=1S/C39H27N/c1-26-23-24-28(25-37(26)40-35-21-11-9-15-29(35)30-16-10-12-22-36(30)40)39-33-19-7-5-17-31(33)38(27-13-3-2-4-14-27)32-18-6-8-20-34(32)39/h2-25H,1H3. The Labute approximate surface area is 233 Å². The first-order valence-corrected chi connectivity index (χ1v) is 13.9. The molecule has 0 aliphatic rings. The SMILES string of the molecule is Cc1ccc(-c2c3ccccc3c(-c3ccccc3)c3ccccc23)cc1-n1c2ccccc2c2ccccc21. The summed E-state index contributed by atoms with van der Waals surface area (Å²) in [6, 6.07) is 53.0. The van der Waals surface area contributed by atoms with Crippen LogP contribution in [0.15, 0.2) is 146 Å². The Hall–Kier alpha value is -5.14. The van der Waals surface area contributed by atoms with Crippen molar-refractivity contribution in [2.24, 2.45) is 0 Å². The van der Waals surface area contributed by atoms with Gasteiger partial charge in [0.15, 0.2) is 0 Å². The third-order valence-electron chi connectivity index (χ3n) is 8.31. The van der Waals surface area contributed by atoms with Crippen LogP contribution >= 0.6 is 0 Å². The summed E-state index contributed by atoms with van der Waals surface area (Å²) in [6.07, 6.45) is 0. The van der Waals surface area contributed by atoms with E-state index in [-0.39, 0.29) is 0 Å². The molecule has 0 saturated carbocycles. The molecule has 8 rings (SSSR count). The molecular weight excluding hydrogens is 482 g/mol. The van der Waals surface area contributed by atoms with Crippen molar-refractivity contribution in [3.05, 3.63) is 151 Å². The maximum absolute atomic E-state index is 2.44. The van der Waals surface area contributed by atoms with Crippen LogP contribution in [0.5, 0.6) is 0 Å². The molecule has 0 N–H and O–H groups in total. The molecule has 0 radical (unpaired) electrons. The van der Waals surface area contributed by atoms with Crippen molar-refractivity contribution >= 4 is 43.4 Å². The van der Waals surface area contributed by atoms with Crippen molar-refractivity contribution in [1.82, 2.24) is 4.57 Å². The van der Waals surface area contributed by atoms with E-state index in [9.17, 15) is 0 Å². The zero-order valence-electron chi connectivity index (χ0n) is 22.3. The van der Waals surface area contributed by atoms with E-state index in [1.165, 1.54) is 76.9 Å². The van der Waals surface area contributed by atoms with E-state index in [0.29, 0.717) is 0 Å². The molecule has 0 amide bonds. The number of fused-ring (bicyclic) bond motifs is 5. The van der Waals surface area contributed by atoms with Gasteiger partial charge in [0.1, 0.15) is 0 Å². The lowest BCUT2D eigenvalue weighted by atomic mass is 9.85. The van der Waals surface area contributed by atoms with Crippen molar-refractivity contribution in [1.29, 1.82) is 0 Å². The Morgan fingerprint density at radius 2 is 0.800 bits per heavy atom. The third kappa shape index (κ3) is 3.34. The molecule has 40 heavy (non-hydrogen) atoms. The Bertz CT molecular complexity index is 2110. The van der Waals surface area contributed by atoms with Crippen molar-refractivity contribution in [3.63, 3.8) is 0 Å². The van der Waals surface area contributed by atoms with Crippen LogP contribution in [0.25, 0.3) is 71.3 Å². The number of aryl methyl sites for hydroxylation is 1. The number of benzene rings is 7. The van der Waals surface area contributed by atoms with E-state index in [1.54, 1.807) is 0 Å². The van der Waals surface area contributed by atoms with Gasteiger partial charge in [0.05, 0.1) is 11.0 Å². The van der Waals surface area contributed by atoms with Crippen molar-refractivity contribution in [3.8, 4) is 27.9 Å². The van der Waals surface area contributed by atoms with Gasteiger partial charge < -0.3 is 4.57 Å². The summed E-state index contributed by atoms with van der Waals surface area (Å²) in [5.74, 6) is 0. The van der Waals surface area contributed by atoms with Gasteiger partial charge in [-0.1, -0.05) is 127 Å². The van der Waals surface area contributed by atoms with Crippen LogP contribution in [0.2, 0.25) is 0 Å². The van der Waals surface area contributed by atoms with Crippen LogP contribution in [-0.2, 0) is 0 Å². The number of rotatable bonds is 3. The Kier molecular flexibility index (Phi) is 5.11. The lowest BCUT2D eigenvalue weighted by Crippen LogP contribution is -1.98. The summed E-state index contributed by atoms with van der Waals surface area (Å²) in [5, 5.41) is 7.67. The smallest absolute Gasteiger partial charge is 0.0541 e. The second-order valence-electron chi connectivity index (χ2n) is 10.6. The van der Waals surface area contributed by atoms with Crippen LogP contribution < -0.4 is 0 Å². The molecule has 0 unspecified atom stereocenters. The molecule has 0 atom stereocenters. The fourth-order valence-electron chi connectivity index (χ4n) is 6.54. The summed E-state index contributed by atoms with van der Waals surface area (Å²) < 4.78 is 2.44. The fraction of sp³-hybridized carbons (Fsp3) is 0.0256. The predicted molar refractivity (Wildman–Crippen MR) is 171 cm³/mol. The Morgan fingerprint density at radius 1 is 0.375 bits per heavy atom. The highest BCUT2D eigenvalue weighted by atomic mass is 15.0. The molecule has 0 spiro atoms. The van der Waals surface area contributed by atoms with E-state index in [1.807, 2.05) is 0 Å².